The molecule has 7 nitrogen and oxygen atoms in total. The van der Waals surface area contributed by atoms with Gasteiger partial charge in [0.15, 0.2) is 11.5 Å². The Kier molecular flexibility index (Phi) is 8.77. The molecule has 1 aliphatic carbocycles. The van der Waals surface area contributed by atoms with Gasteiger partial charge in [-0.25, -0.2) is 9.67 Å². The molecule has 1 aliphatic heterocycles. The summed E-state index contributed by atoms with van der Waals surface area (Å²) >= 11 is 0. The molecule has 1 fully saturated rings. The lowest BCUT2D eigenvalue weighted by atomic mass is 9.89. The number of allylic oxidation sites excluding steroid dienone is 1. The molecule has 3 aromatic rings. The summed E-state index contributed by atoms with van der Waals surface area (Å²) in [5, 5.41) is 15.3. The number of alkyl halides is 3. The van der Waals surface area contributed by atoms with Crippen molar-refractivity contribution in [2.24, 2.45) is 0 Å². The average molecular weight is 568 g/mol. The summed E-state index contributed by atoms with van der Waals surface area (Å²) in [7, 11) is 0. The molecule has 41 heavy (non-hydrogen) atoms. The van der Waals surface area contributed by atoms with Crippen LogP contribution < -0.4 is 10.1 Å². The summed E-state index contributed by atoms with van der Waals surface area (Å²) in [6.45, 7) is 6.26. The lowest BCUT2D eigenvalue weighted by molar-refractivity contribution is -0.143. The zero-order chi connectivity index (χ0) is 29.0. The molecule has 0 saturated carbocycles. The lowest BCUT2D eigenvalue weighted by Crippen LogP contribution is -2.26. The van der Waals surface area contributed by atoms with Gasteiger partial charge in [0.05, 0.1) is 24.1 Å². The van der Waals surface area contributed by atoms with E-state index in [1.54, 1.807) is 13.0 Å². The van der Waals surface area contributed by atoms with E-state index in [4.69, 9.17) is 14.9 Å². The fourth-order valence-electron chi connectivity index (χ4n) is 5.74. The third kappa shape index (κ3) is 6.48. The van der Waals surface area contributed by atoms with Crippen LogP contribution in [0.2, 0.25) is 0 Å². The normalized spacial score (nSPS) is 16.6. The van der Waals surface area contributed by atoms with Crippen LogP contribution in [0.5, 0.6) is 5.75 Å². The summed E-state index contributed by atoms with van der Waals surface area (Å²) in [5.74, 6) is 0.879. The number of hydrogen-bond acceptors (Lipinski definition) is 6. The third-order valence-corrected chi connectivity index (χ3v) is 7.83. The molecular formula is C31H36F3N5O2. The molecule has 0 bridgehead atoms. The first-order valence-electron chi connectivity index (χ1n) is 14.3. The van der Waals surface area contributed by atoms with Crippen LogP contribution in [0.3, 0.4) is 0 Å². The van der Waals surface area contributed by atoms with Gasteiger partial charge in [-0.2, -0.15) is 18.3 Å². The first kappa shape index (κ1) is 28.9. The number of piperidine rings is 1. The summed E-state index contributed by atoms with van der Waals surface area (Å²) < 4.78 is 54.4. The van der Waals surface area contributed by atoms with Crippen LogP contribution in [0.15, 0.2) is 48.2 Å². The molecule has 2 aromatic heterocycles. The first-order valence-corrected chi connectivity index (χ1v) is 14.3. The Morgan fingerprint density at radius 3 is 2.63 bits per heavy atom. The van der Waals surface area contributed by atoms with E-state index < -0.39 is 23.3 Å². The van der Waals surface area contributed by atoms with Crippen molar-refractivity contribution in [3.05, 3.63) is 76.2 Å². The van der Waals surface area contributed by atoms with E-state index in [2.05, 4.69) is 40.5 Å². The van der Waals surface area contributed by atoms with Crippen LogP contribution in [0.1, 0.15) is 79.4 Å². The monoisotopic (exact) mass is 567 g/mol. The van der Waals surface area contributed by atoms with E-state index in [1.165, 1.54) is 11.6 Å². The van der Waals surface area contributed by atoms with E-state index in [9.17, 15) is 13.2 Å². The van der Waals surface area contributed by atoms with Gasteiger partial charge >= 0.3 is 6.18 Å². The van der Waals surface area contributed by atoms with Gasteiger partial charge in [0, 0.05) is 0 Å². The quantitative estimate of drug-likeness (QED) is 0.230. The van der Waals surface area contributed by atoms with Gasteiger partial charge in [-0.3, -0.25) is 5.41 Å². The van der Waals surface area contributed by atoms with Crippen LogP contribution in [0.25, 0.3) is 11.4 Å². The number of hydrogen-bond donors (Lipinski definition) is 2. The minimum Gasteiger partial charge on any atom is -0.489 e. The number of aryl methyl sites for hydroxylation is 1. The topological polar surface area (TPSA) is 85.0 Å². The molecule has 2 N–H and O–H groups in total. The number of nitrogens with one attached hydrogen (secondary N) is 2. The number of halogens is 3. The van der Waals surface area contributed by atoms with Gasteiger partial charge in [-0.15, -0.1) is 0 Å². The summed E-state index contributed by atoms with van der Waals surface area (Å²) in [6, 6.07) is 11.5. The number of pyridine rings is 1. The summed E-state index contributed by atoms with van der Waals surface area (Å²) in [4.78, 5) is 4.62. The molecule has 218 valence electrons. The fourth-order valence-corrected chi connectivity index (χ4v) is 5.74. The zero-order valence-corrected chi connectivity index (χ0v) is 23.5. The smallest absolute Gasteiger partial charge is 0.434 e. The van der Waals surface area contributed by atoms with Gasteiger partial charge in [-0.05, 0) is 112 Å². The Bertz CT molecular complexity index is 1420. The van der Waals surface area contributed by atoms with Crippen molar-refractivity contribution in [2.75, 3.05) is 26.3 Å². The molecule has 2 aliphatic rings. The Morgan fingerprint density at radius 2 is 1.90 bits per heavy atom. The number of ether oxygens (including phenoxy) is 2. The van der Waals surface area contributed by atoms with Crippen LogP contribution >= 0.6 is 0 Å². The number of aromatic nitrogens is 3. The second-order valence-corrected chi connectivity index (χ2v) is 10.6. The Morgan fingerprint density at radius 1 is 1.12 bits per heavy atom. The SMILES string of the molecule is CCOC(=N)c1cnn(-c2cccc(C3=C(COc4ccc(C5CCNCC5)cc4C)CCCC3)n2)c1C(F)(F)F. The van der Waals surface area contributed by atoms with Crippen LogP contribution in [0.4, 0.5) is 13.2 Å². The van der Waals surface area contributed by atoms with Crippen molar-refractivity contribution in [3.63, 3.8) is 0 Å². The highest BCUT2D eigenvalue weighted by molar-refractivity contribution is 5.93. The standard InChI is InChI=1S/C31H36F3N5O2/c1-3-40-30(35)25-18-37-39(29(25)31(32,33)34)28-10-6-9-26(38-28)24-8-5-4-7-23(24)19-41-27-12-11-22(17-20(27)2)21-13-15-36-16-14-21/h6,9-12,17-18,21,35-36H,3-5,7-8,13-16,19H2,1-2H3. The predicted octanol–water partition coefficient (Wildman–Crippen LogP) is 6.83. The third-order valence-electron chi connectivity index (χ3n) is 7.83. The Balaban J connectivity index is 1.41. The molecule has 3 heterocycles. The second kappa shape index (κ2) is 12.5. The summed E-state index contributed by atoms with van der Waals surface area (Å²) in [5.41, 5.74) is 3.69. The van der Waals surface area contributed by atoms with Gasteiger partial charge < -0.3 is 14.8 Å². The van der Waals surface area contributed by atoms with Crippen LogP contribution in [0, 0.1) is 12.3 Å². The largest absolute Gasteiger partial charge is 0.489 e. The zero-order valence-electron chi connectivity index (χ0n) is 23.5. The molecule has 0 amide bonds. The number of rotatable bonds is 8. The number of benzene rings is 1. The van der Waals surface area contributed by atoms with Gasteiger partial charge in [0.1, 0.15) is 12.4 Å². The van der Waals surface area contributed by atoms with Crippen LogP contribution in [-0.4, -0.2) is 47.0 Å². The minimum absolute atomic E-state index is 0.0352. The van der Waals surface area contributed by atoms with Crippen molar-refractivity contribution >= 4 is 11.5 Å². The number of nitrogens with zero attached hydrogens (tertiary/aromatic N) is 3. The Labute approximate surface area is 238 Å². The molecule has 10 heteroatoms. The minimum atomic E-state index is -4.75. The maximum atomic E-state index is 14.1. The molecule has 0 unspecified atom stereocenters. The van der Waals surface area contributed by atoms with Crippen LogP contribution in [-0.2, 0) is 10.9 Å². The summed E-state index contributed by atoms with van der Waals surface area (Å²) in [6.07, 6.45) is 2.15. The molecule has 0 radical (unpaired) electrons. The molecule has 0 atom stereocenters. The second-order valence-electron chi connectivity index (χ2n) is 10.6. The lowest BCUT2D eigenvalue weighted by Gasteiger charge is -2.24. The maximum absolute atomic E-state index is 14.1. The Hall–Kier alpha value is -3.66. The molecule has 5 rings (SSSR count). The van der Waals surface area contributed by atoms with Gasteiger partial charge in [0.2, 0.25) is 5.90 Å². The van der Waals surface area contributed by atoms with Crippen molar-refractivity contribution in [3.8, 4) is 11.6 Å². The fraction of sp³-hybridized carbons (Fsp3) is 0.452. The van der Waals surface area contributed by atoms with Crippen molar-refractivity contribution in [1.82, 2.24) is 20.1 Å². The highest BCUT2D eigenvalue weighted by atomic mass is 19.4. The highest BCUT2D eigenvalue weighted by Gasteiger charge is 2.40. The highest BCUT2D eigenvalue weighted by Crippen LogP contribution is 2.36. The molecule has 1 saturated heterocycles. The van der Waals surface area contributed by atoms with Crippen molar-refractivity contribution in [1.29, 1.82) is 5.41 Å². The average Bonchev–Trinajstić information content (AvgIpc) is 3.44. The van der Waals surface area contributed by atoms with E-state index in [0.717, 1.165) is 85.0 Å². The van der Waals surface area contributed by atoms with Gasteiger partial charge in [0.25, 0.3) is 0 Å². The molecule has 1 aromatic carbocycles. The predicted molar refractivity (Wildman–Crippen MR) is 152 cm³/mol. The van der Waals surface area contributed by atoms with Gasteiger partial charge in [-0.1, -0.05) is 18.2 Å². The van der Waals surface area contributed by atoms with E-state index in [0.29, 0.717) is 18.2 Å². The molecular weight excluding hydrogens is 531 g/mol. The van der Waals surface area contributed by atoms with Crippen molar-refractivity contribution < 1.29 is 22.6 Å². The van der Waals surface area contributed by atoms with E-state index >= 15 is 0 Å². The van der Waals surface area contributed by atoms with Crippen molar-refractivity contribution in [2.45, 2.75) is 64.5 Å². The maximum Gasteiger partial charge on any atom is 0.434 e. The van der Waals surface area contributed by atoms with E-state index in [1.807, 2.05) is 6.07 Å². The first-order chi connectivity index (χ1) is 19.8. The molecule has 0 spiro atoms. The van der Waals surface area contributed by atoms with E-state index in [-0.39, 0.29) is 12.4 Å².